The number of rotatable bonds is 6. The van der Waals surface area contributed by atoms with E-state index in [0.717, 1.165) is 19.3 Å². The Morgan fingerprint density at radius 3 is 2.60 bits per heavy atom. The first-order valence-electron chi connectivity index (χ1n) is 10.3. The van der Waals surface area contributed by atoms with Crippen molar-refractivity contribution in [1.29, 1.82) is 0 Å². The number of hydrogen-bond donors (Lipinski definition) is 0. The van der Waals surface area contributed by atoms with E-state index in [9.17, 15) is 14.4 Å². The Morgan fingerprint density at radius 1 is 1.03 bits per heavy atom. The Labute approximate surface area is 175 Å². The number of amides is 2. The number of carbonyl (C=O) groups is 3. The van der Waals surface area contributed by atoms with Crippen molar-refractivity contribution in [2.45, 2.75) is 26.2 Å². The van der Waals surface area contributed by atoms with Crippen LogP contribution in [0, 0.1) is 17.8 Å². The highest BCUT2D eigenvalue weighted by molar-refractivity contribution is 6.22. The van der Waals surface area contributed by atoms with Gasteiger partial charge in [-0.3, -0.25) is 14.4 Å². The van der Waals surface area contributed by atoms with Crippen molar-refractivity contribution in [2.24, 2.45) is 17.8 Å². The fourth-order valence-electron chi connectivity index (χ4n) is 4.41. The second-order valence-electron chi connectivity index (χ2n) is 8.05. The average Bonchev–Trinajstić information content (AvgIpc) is 3.01. The van der Waals surface area contributed by atoms with Crippen molar-refractivity contribution < 1.29 is 23.9 Å². The summed E-state index contributed by atoms with van der Waals surface area (Å²) in [5.41, 5.74) is 0.883. The Hall–Kier alpha value is -3.15. The molecule has 0 N–H and O–H groups in total. The maximum atomic E-state index is 13.0. The Morgan fingerprint density at radius 2 is 1.80 bits per heavy atom. The largest absolute Gasteiger partial charge is 0.497 e. The van der Waals surface area contributed by atoms with Crippen LogP contribution in [0.5, 0.6) is 11.5 Å². The first-order valence-corrected chi connectivity index (χ1v) is 10.3. The predicted octanol–water partition coefficient (Wildman–Crippen LogP) is 3.88. The minimum absolute atomic E-state index is 0.160. The Kier molecular flexibility index (Phi) is 5.57. The molecule has 6 heteroatoms. The number of ether oxygens (including phenoxy) is 2. The number of nitrogens with zero attached hydrogens (tertiary/aromatic N) is 1. The van der Waals surface area contributed by atoms with Crippen molar-refractivity contribution in [3.8, 4) is 11.5 Å². The minimum Gasteiger partial charge on any atom is -0.497 e. The van der Waals surface area contributed by atoms with Crippen LogP contribution in [0.1, 0.15) is 36.5 Å². The third-order valence-corrected chi connectivity index (χ3v) is 6.04. The lowest BCUT2D eigenvalue weighted by Gasteiger charge is -2.25. The number of methoxy groups -OCH3 is 1. The number of anilines is 1. The lowest BCUT2D eigenvalue weighted by atomic mass is 9.76. The zero-order chi connectivity index (χ0) is 21.3. The van der Waals surface area contributed by atoms with Gasteiger partial charge >= 0.3 is 0 Å². The molecule has 2 aliphatic rings. The highest BCUT2D eigenvalue weighted by Gasteiger charge is 2.50. The van der Waals surface area contributed by atoms with Gasteiger partial charge < -0.3 is 9.47 Å². The second kappa shape index (κ2) is 8.30. The van der Waals surface area contributed by atoms with E-state index in [2.05, 4.69) is 6.92 Å². The van der Waals surface area contributed by atoms with Crippen LogP contribution < -0.4 is 14.4 Å². The standard InChI is InChI=1S/C24H25NO5/c1-15-10-11-18-19(12-15)24(28)25(23(18)27)20-8-3-4-9-22(20)30-14-21(26)16-6-5-7-17(13-16)29-2/h3-9,13,15,18-19H,10-12,14H2,1-2H3/t15-,18-,19+/m0/s1. The lowest BCUT2D eigenvalue weighted by molar-refractivity contribution is -0.122. The third kappa shape index (κ3) is 3.70. The quantitative estimate of drug-likeness (QED) is 0.537. The van der Waals surface area contributed by atoms with Gasteiger partial charge in [0.05, 0.1) is 24.6 Å². The summed E-state index contributed by atoms with van der Waals surface area (Å²) in [6.45, 7) is 1.92. The van der Waals surface area contributed by atoms with Crippen LogP contribution in [-0.4, -0.2) is 31.3 Å². The van der Waals surface area contributed by atoms with Crippen molar-refractivity contribution in [2.75, 3.05) is 18.6 Å². The normalized spacial score (nSPS) is 23.3. The molecule has 0 spiro atoms. The van der Waals surface area contributed by atoms with E-state index in [1.54, 1.807) is 55.6 Å². The molecule has 1 aliphatic carbocycles. The molecule has 2 aromatic rings. The van der Waals surface area contributed by atoms with Gasteiger partial charge in [-0.25, -0.2) is 4.90 Å². The van der Waals surface area contributed by atoms with Gasteiger partial charge in [0.2, 0.25) is 11.8 Å². The van der Waals surface area contributed by atoms with Gasteiger partial charge in [0.25, 0.3) is 0 Å². The maximum Gasteiger partial charge on any atom is 0.237 e. The summed E-state index contributed by atoms with van der Waals surface area (Å²) in [5.74, 6) is 0.334. The molecule has 156 valence electrons. The van der Waals surface area contributed by atoms with Gasteiger partial charge in [-0.15, -0.1) is 0 Å². The van der Waals surface area contributed by atoms with Crippen LogP contribution in [0.3, 0.4) is 0 Å². The molecule has 4 rings (SSSR count). The zero-order valence-electron chi connectivity index (χ0n) is 17.2. The van der Waals surface area contributed by atoms with Crippen LogP contribution in [-0.2, 0) is 9.59 Å². The smallest absolute Gasteiger partial charge is 0.237 e. The van der Waals surface area contributed by atoms with Crippen LogP contribution in [0.15, 0.2) is 48.5 Å². The number of ketones is 1. The fraction of sp³-hybridized carbons (Fsp3) is 0.375. The zero-order valence-corrected chi connectivity index (χ0v) is 17.2. The van der Waals surface area contributed by atoms with Crippen molar-refractivity contribution in [1.82, 2.24) is 0 Å². The van der Waals surface area contributed by atoms with Gasteiger partial charge in [0, 0.05) is 5.56 Å². The molecule has 0 bridgehead atoms. The summed E-state index contributed by atoms with van der Waals surface area (Å²) in [6, 6.07) is 13.7. The molecule has 1 aliphatic heterocycles. The summed E-state index contributed by atoms with van der Waals surface area (Å²) in [5, 5.41) is 0. The van der Waals surface area contributed by atoms with Crippen LogP contribution >= 0.6 is 0 Å². The van der Waals surface area contributed by atoms with E-state index in [0.29, 0.717) is 28.7 Å². The van der Waals surface area contributed by atoms with Gasteiger partial charge in [-0.05, 0) is 49.4 Å². The van der Waals surface area contributed by atoms with E-state index in [4.69, 9.17) is 9.47 Å². The predicted molar refractivity (Wildman–Crippen MR) is 112 cm³/mol. The van der Waals surface area contributed by atoms with Crippen molar-refractivity contribution in [3.63, 3.8) is 0 Å². The molecule has 0 aromatic heterocycles. The van der Waals surface area contributed by atoms with Crippen LogP contribution in [0.2, 0.25) is 0 Å². The van der Waals surface area contributed by atoms with E-state index in [1.165, 1.54) is 4.90 Å². The summed E-state index contributed by atoms with van der Waals surface area (Å²) >= 11 is 0. The fourth-order valence-corrected chi connectivity index (χ4v) is 4.41. The molecule has 0 radical (unpaired) electrons. The average molecular weight is 407 g/mol. The number of Topliss-reactive ketones (excluding diaryl/α,β-unsaturated/α-hetero) is 1. The SMILES string of the molecule is COc1cccc(C(=O)COc2ccccc2N2C(=O)[C@H]3CC[C@H](C)C[C@H]3C2=O)c1. The molecule has 2 aromatic carbocycles. The minimum atomic E-state index is -0.257. The highest BCUT2D eigenvalue weighted by Crippen LogP contribution is 2.44. The van der Waals surface area contributed by atoms with Crippen molar-refractivity contribution in [3.05, 3.63) is 54.1 Å². The van der Waals surface area contributed by atoms with Gasteiger partial charge in [-0.2, -0.15) is 0 Å². The molecular formula is C24H25NO5. The molecule has 2 amide bonds. The number of carbonyl (C=O) groups excluding carboxylic acids is 3. The number of fused-ring (bicyclic) bond motifs is 1. The molecule has 30 heavy (non-hydrogen) atoms. The van der Waals surface area contributed by atoms with Crippen molar-refractivity contribution >= 4 is 23.3 Å². The number of imide groups is 1. The number of para-hydroxylation sites is 2. The molecule has 3 atom stereocenters. The summed E-state index contributed by atoms with van der Waals surface area (Å²) in [7, 11) is 1.54. The molecule has 6 nitrogen and oxygen atoms in total. The monoisotopic (exact) mass is 407 g/mol. The first kappa shape index (κ1) is 20.1. The second-order valence-corrected chi connectivity index (χ2v) is 8.05. The molecule has 1 saturated heterocycles. The lowest BCUT2D eigenvalue weighted by Crippen LogP contribution is -2.31. The number of benzene rings is 2. The van der Waals surface area contributed by atoms with E-state index >= 15 is 0 Å². The van der Waals surface area contributed by atoms with Crippen LogP contribution in [0.4, 0.5) is 5.69 Å². The van der Waals surface area contributed by atoms with E-state index < -0.39 is 0 Å². The summed E-state index contributed by atoms with van der Waals surface area (Å²) in [6.07, 6.45) is 2.44. The number of hydrogen-bond acceptors (Lipinski definition) is 5. The topological polar surface area (TPSA) is 72.9 Å². The maximum absolute atomic E-state index is 13.0. The Balaban J connectivity index is 1.54. The molecule has 1 heterocycles. The van der Waals surface area contributed by atoms with Gasteiger partial charge in [-0.1, -0.05) is 31.2 Å². The third-order valence-electron chi connectivity index (χ3n) is 6.04. The molecular weight excluding hydrogens is 382 g/mol. The van der Waals surface area contributed by atoms with Crippen LogP contribution in [0.25, 0.3) is 0 Å². The van der Waals surface area contributed by atoms with Gasteiger partial charge in [0.1, 0.15) is 11.5 Å². The highest BCUT2D eigenvalue weighted by atomic mass is 16.5. The summed E-state index contributed by atoms with van der Waals surface area (Å²) < 4.78 is 10.9. The summed E-state index contributed by atoms with van der Waals surface area (Å²) in [4.78, 5) is 39.9. The van der Waals surface area contributed by atoms with Gasteiger partial charge in [0.15, 0.2) is 12.4 Å². The molecule has 1 saturated carbocycles. The van der Waals surface area contributed by atoms with E-state index in [-0.39, 0.29) is 36.0 Å². The first-order chi connectivity index (χ1) is 14.5. The molecule has 2 fully saturated rings. The van der Waals surface area contributed by atoms with E-state index in [1.807, 2.05) is 0 Å². The Bertz CT molecular complexity index is 985. The molecule has 0 unspecified atom stereocenters.